The van der Waals surface area contributed by atoms with E-state index >= 15 is 0 Å². The molecule has 1 fully saturated rings. The maximum absolute atomic E-state index is 14.1. The Labute approximate surface area is 168 Å². The number of hydrogen-bond acceptors (Lipinski definition) is 6. The summed E-state index contributed by atoms with van der Waals surface area (Å²) in [7, 11) is 1.60. The third-order valence-electron chi connectivity index (χ3n) is 5.90. The number of nitrogens with two attached hydrogens (primary N) is 1. The van der Waals surface area contributed by atoms with Gasteiger partial charge < -0.3 is 20.9 Å². The second-order valence-electron chi connectivity index (χ2n) is 7.77. The SMILES string of the molecule is CNC(=O)C1=Cc2c(N3CCC[C@@H](N)C3)ccnc2N2C1=NC1C=CC(F)=CC12. The average Bonchev–Trinajstić information content (AvgIpc) is 3.11. The number of pyridine rings is 1. The summed E-state index contributed by atoms with van der Waals surface area (Å²) >= 11 is 0. The topological polar surface area (TPSA) is 86.8 Å². The number of nitrogens with one attached hydrogen (secondary N) is 1. The first-order valence-electron chi connectivity index (χ1n) is 9.93. The van der Waals surface area contributed by atoms with Gasteiger partial charge in [0.05, 0.1) is 17.7 Å². The Balaban J connectivity index is 1.67. The van der Waals surface area contributed by atoms with Gasteiger partial charge in [-0.25, -0.2) is 9.37 Å². The summed E-state index contributed by atoms with van der Waals surface area (Å²) < 4.78 is 14.1. The first kappa shape index (κ1) is 18.1. The van der Waals surface area contributed by atoms with E-state index in [4.69, 9.17) is 10.7 Å². The molecule has 1 aliphatic carbocycles. The molecule has 0 aromatic carbocycles. The van der Waals surface area contributed by atoms with Gasteiger partial charge in [0.1, 0.15) is 17.5 Å². The molecule has 2 unspecified atom stereocenters. The number of nitrogens with zero attached hydrogens (tertiary/aromatic N) is 4. The number of amidine groups is 1. The van der Waals surface area contributed by atoms with Gasteiger partial charge in [0.2, 0.25) is 0 Å². The number of carbonyl (C=O) groups excluding carboxylic acids is 1. The first-order chi connectivity index (χ1) is 14.1. The number of allylic oxidation sites excluding steroid dienone is 2. The lowest BCUT2D eigenvalue weighted by atomic mass is 9.97. The molecule has 3 N–H and O–H groups in total. The Hall–Kier alpha value is -3.00. The molecule has 5 rings (SSSR count). The molecule has 1 amide bonds. The largest absolute Gasteiger partial charge is 0.369 e. The van der Waals surface area contributed by atoms with Gasteiger partial charge >= 0.3 is 0 Å². The fourth-order valence-corrected chi connectivity index (χ4v) is 4.55. The Morgan fingerprint density at radius 2 is 2.28 bits per heavy atom. The van der Waals surface area contributed by atoms with Crippen molar-refractivity contribution in [2.75, 3.05) is 29.9 Å². The molecule has 0 bridgehead atoms. The number of rotatable bonds is 2. The van der Waals surface area contributed by atoms with Crippen molar-refractivity contribution in [1.82, 2.24) is 10.3 Å². The maximum atomic E-state index is 14.1. The van der Waals surface area contributed by atoms with E-state index in [-0.39, 0.29) is 29.9 Å². The van der Waals surface area contributed by atoms with Crippen LogP contribution in [-0.2, 0) is 4.79 Å². The molecule has 29 heavy (non-hydrogen) atoms. The number of halogens is 1. The highest BCUT2D eigenvalue weighted by Gasteiger charge is 2.43. The third kappa shape index (κ3) is 2.86. The van der Waals surface area contributed by atoms with Crippen molar-refractivity contribution in [2.45, 2.75) is 31.0 Å². The quantitative estimate of drug-likeness (QED) is 0.795. The van der Waals surface area contributed by atoms with Gasteiger partial charge in [0.15, 0.2) is 0 Å². The van der Waals surface area contributed by atoms with E-state index in [0.29, 0.717) is 17.2 Å². The van der Waals surface area contributed by atoms with Crippen LogP contribution >= 0.6 is 0 Å². The molecular formula is C21H23FN6O. The molecule has 0 radical (unpaired) electrons. The van der Waals surface area contributed by atoms with E-state index in [1.165, 1.54) is 6.08 Å². The number of piperidine rings is 1. The molecule has 150 valence electrons. The first-order valence-corrected chi connectivity index (χ1v) is 9.93. The van der Waals surface area contributed by atoms with Crippen molar-refractivity contribution in [3.8, 4) is 0 Å². The predicted octanol–water partition coefficient (Wildman–Crippen LogP) is 1.53. The number of amides is 1. The summed E-state index contributed by atoms with van der Waals surface area (Å²) in [5.74, 6) is 0.692. The van der Waals surface area contributed by atoms with E-state index in [1.807, 2.05) is 17.0 Å². The van der Waals surface area contributed by atoms with Gasteiger partial charge in [-0.2, -0.15) is 0 Å². The predicted molar refractivity (Wildman–Crippen MR) is 112 cm³/mol. The molecule has 4 heterocycles. The zero-order valence-corrected chi connectivity index (χ0v) is 16.2. The minimum Gasteiger partial charge on any atom is -0.369 e. The van der Waals surface area contributed by atoms with Crippen molar-refractivity contribution in [3.05, 3.63) is 47.5 Å². The highest BCUT2D eigenvalue weighted by molar-refractivity contribution is 6.32. The molecule has 1 aromatic heterocycles. The van der Waals surface area contributed by atoms with Gasteiger partial charge in [-0.1, -0.05) is 6.08 Å². The second kappa shape index (κ2) is 6.81. The molecule has 0 saturated carbocycles. The minimum absolute atomic E-state index is 0.118. The molecule has 3 atom stereocenters. The number of anilines is 2. The average molecular weight is 394 g/mol. The summed E-state index contributed by atoms with van der Waals surface area (Å²) in [5.41, 5.74) is 8.51. The Morgan fingerprint density at radius 3 is 3.07 bits per heavy atom. The van der Waals surface area contributed by atoms with E-state index in [0.717, 1.165) is 37.2 Å². The monoisotopic (exact) mass is 394 g/mol. The number of carbonyl (C=O) groups is 1. The van der Waals surface area contributed by atoms with Crippen LogP contribution in [0, 0.1) is 0 Å². The van der Waals surface area contributed by atoms with Crippen molar-refractivity contribution in [2.24, 2.45) is 10.7 Å². The van der Waals surface area contributed by atoms with E-state index < -0.39 is 0 Å². The summed E-state index contributed by atoms with van der Waals surface area (Å²) in [5, 5.41) is 2.70. The normalized spacial score (nSPS) is 27.4. The lowest BCUT2D eigenvalue weighted by Crippen LogP contribution is -2.46. The minimum atomic E-state index is -0.339. The van der Waals surface area contributed by atoms with E-state index in [1.54, 1.807) is 25.4 Å². The van der Waals surface area contributed by atoms with Gasteiger partial charge in [0, 0.05) is 43.6 Å². The Bertz CT molecular complexity index is 997. The lowest BCUT2D eigenvalue weighted by Gasteiger charge is -2.37. The number of fused-ring (bicyclic) bond motifs is 5. The maximum Gasteiger partial charge on any atom is 0.254 e. The van der Waals surface area contributed by atoms with Crippen molar-refractivity contribution in [3.63, 3.8) is 0 Å². The summed E-state index contributed by atoms with van der Waals surface area (Å²) in [4.78, 5) is 26.1. The molecule has 1 aromatic rings. The van der Waals surface area contributed by atoms with Crippen LogP contribution < -0.4 is 20.9 Å². The molecule has 7 nitrogen and oxygen atoms in total. The number of aliphatic imine (C=N–C) groups is 1. The van der Waals surface area contributed by atoms with Crippen molar-refractivity contribution in [1.29, 1.82) is 0 Å². The Morgan fingerprint density at radius 1 is 1.41 bits per heavy atom. The van der Waals surface area contributed by atoms with Crippen molar-refractivity contribution >= 4 is 29.3 Å². The van der Waals surface area contributed by atoms with E-state index in [9.17, 15) is 9.18 Å². The fourth-order valence-electron chi connectivity index (χ4n) is 4.55. The van der Waals surface area contributed by atoms with Gasteiger partial charge in [-0.15, -0.1) is 0 Å². The van der Waals surface area contributed by atoms with Gasteiger partial charge in [-0.3, -0.25) is 9.79 Å². The fraction of sp³-hybridized carbons (Fsp3) is 0.381. The highest BCUT2D eigenvalue weighted by Crippen LogP contribution is 2.41. The van der Waals surface area contributed by atoms with Crippen LogP contribution in [0.2, 0.25) is 0 Å². The summed E-state index contributed by atoms with van der Waals surface area (Å²) in [6, 6.07) is 1.49. The van der Waals surface area contributed by atoms with Gasteiger partial charge in [-0.05, 0) is 37.1 Å². The zero-order valence-electron chi connectivity index (χ0n) is 16.2. The van der Waals surface area contributed by atoms with Gasteiger partial charge in [0.25, 0.3) is 5.91 Å². The molecule has 1 saturated heterocycles. The molecule has 0 spiro atoms. The third-order valence-corrected chi connectivity index (χ3v) is 5.90. The van der Waals surface area contributed by atoms with E-state index in [2.05, 4.69) is 15.2 Å². The zero-order chi connectivity index (χ0) is 20.1. The second-order valence-corrected chi connectivity index (χ2v) is 7.77. The highest BCUT2D eigenvalue weighted by atomic mass is 19.1. The van der Waals surface area contributed by atoms with Crippen LogP contribution in [-0.4, -0.2) is 55.0 Å². The molecular weight excluding hydrogens is 371 g/mol. The lowest BCUT2D eigenvalue weighted by molar-refractivity contribution is -0.116. The molecule has 3 aliphatic heterocycles. The van der Waals surface area contributed by atoms with Crippen LogP contribution in [0.25, 0.3) is 6.08 Å². The molecule has 4 aliphatic rings. The van der Waals surface area contributed by atoms with Crippen LogP contribution in [0.15, 0.2) is 46.9 Å². The summed E-state index contributed by atoms with van der Waals surface area (Å²) in [6.07, 6.45) is 10.3. The smallest absolute Gasteiger partial charge is 0.254 e. The molecule has 8 heteroatoms. The van der Waals surface area contributed by atoms with Crippen molar-refractivity contribution < 1.29 is 9.18 Å². The van der Waals surface area contributed by atoms with Crippen LogP contribution in [0.5, 0.6) is 0 Å². The number of likely N-dealkylation sites (N-methyl/N-ethyl adjacent to an activating group) is 1. The number of aromatic nitrogens is 1. The van der Waals surface area contributed by atoms with Crippen LogP contribution in [0.4, 0.5) is 15.9 Å². The van der Waals surface area contributed by atoms with Crippen LogP contribution in [0.1, 0.15) is 18.4 Å². The number of hydrogen-bond donors (Lipinski definition) is 2. The standard InChI is InChI=1S/C21H23FN6O/c1-24-21(29)15-10-14-17(27-8-2-3-13(23)11-27)6-7-25-19(14)28-18-9-12(22)4-5-16(18)26-20(15)28/h4-7,9-10,13,16,18H,2-3,8,11,23H2,1H3,(H,24,29)/t13-,16?,18?/m1/s1. The van der Waals surface area contributed by atoms with Crippen LogP contribution in [0.3, 0.4) is 0 Å². The Kier molecular flexibility index (Phi) is 4.24. The summed E-state index contributed by atoms with van der Waals surface area (Å²) in [6.45, 7) is 1.65.